The van der Waals surface area contributed by atoms with E-state index in [0.717, 1.165) is 16.8 Å². The molecule has 1 aromatic heterocycles. The minimum atomic E-state index is -0.720. The van der Waals surface area contributed by atoms with Gasteiger partial charge in [0.05, 0.1) is 11.3 Å². The summed E-state index contributed by atoms with van der Waals surface area (Å²) in [5.41, 5.74) is 2.55. The van der Waals surface area contributed by atoms with E-state index in [-0.39, 0.29) is 11.1 Å². The Morgan fingerprint density at radius 1 is 1.16 bits per heavy atom. The molecule has 0 spiro atoms. The zero-order chi connectivity index (χ0) is 14.0. The number of carbonyl (C=O) groups is 1. The molecular weight excluding hydrogens is 262 g/mol. The topological polar surface area (TPSA) is 39.1 Å². The maximum absolute atomic E-state index is 12.2. The van der Waals surface area contributed by atoms with Crippen LogP contribution in [-0.2, 0) is 6.54 Å². The lowest BCUT2D eigenvalue weighted by atomic mass is 10.1. The fourth-order valence-electron chi connectivity index (χ4n) is 2.02. The first-order valence-corrected chi connectivity index (χ1v) is 6.43. The molecule has 0 aliphatic carbocycles. The van der Waals surface area contributed by atoms with Crippen molar-refractivity contribution in [1.29, 1.82) is 0 Å². The van der Waals surface area contributed by atoms with E-state index in [0.29, 0.717) is 6.54 Å². The first kappa shape index (κ1) is 13.6. The molecule has 4 heteroatoms. The van der Waals surface area contributed by atoms with E-state index in [1.807, 2.05) is 38.1 Å². The minimum absolute atomic E-state index is 0.0133. The van der Waals surface area contributed by atoms with Crippen molar-refractivity contribution in [1.82, 2.24) is 4.57 Å². The van der Waals surface area contributed by atoms with Gasteiger partial charge in [0.1, 0.15) is 0 Å². The standard InChI is InChI=1S/C15H14ClNO2/c1-3-17-13(11-6-4-10(2)5-7-11)9-8-12(14(16)18)15(17)19/h4-9H,3H2,1-2H3. The van der Waals surface area contributed by atoms with Gasteiger partial charge >= 0.3 is 0 Å². The highest BCUT2D eigenvalue weighted by molar-refractivity contribution is 6.67. The van der Waals surface area contributed by atoms with Crippen LogP contribution in [0.5, 0.6) is 0 Å². The zero-order valence-corrected chi connectivity index (χ0v) is 11.6. The van der Waals surface area contributed by atoms with Gasteiger partial charge in [-0.3, -0.25) is 9.59 Å². The third-order valence-corrected chi connectivity index (χ3v) is 3.25. The molecule has 0 N–H and O–H groups in total. The smallest absolute Gasteiger partial charge is 0.263 e. The van der Waals surface area contributed by atoms with Gasteiger partial charge in [0.2, 0.25) is 0 Å². The molecule has 1 aromatic carbocycles. The summed E-state index contributed by atoms with van der Waals surface area (Å²) in [6.07, 6.45) is 0. The number of hydrogen-bond donors (Lipinski definition) is 0. The van der Waals surface area contributed by atoms with E-state index in [1.54, 1.807) is 10.6 Å². The molecule has 0 radical (unpaired) electrons. The Morgan fingerprint density at radius 2 is 1.79 bits per heavy atom. The fourth-order valence-corrected chi connectivity index (χ4v) is 2.16. The van der Waals surface area contributed by atoms with Crippen LogP contribution in [0.3, 0.4) is 0 Å². The van der Waals surface area contributed by atoms with Gasteiger partial charge in [-0.1, -0.05) is 29.8 Å². The molecule has 3 nitrogen and oxygen atoms in total. The zero-order valence-electron chi connectivity index (χ0n) is 10.8. The summed E-state index contributed by atoms with van der Waals surface area (Å²) in [5.74, 6) is 0. The Labute approximate surface area is 116 Å². The normalized spacial score (nSPS) is 10.5. The average Bonchev–Trinajstić information content (AvgIpc) is 2.38. The van der Waals surface area contributed by atoms with Crippen molar-refractivity contribution in [3.63, 3.8) is 0 Å². The number of rotatable bonds is 3. The van der Waals surface area contributed by atoms with Gasteiger partial charge in [0.25, 0.3) is 10.8 Å². The summed E-state index contributed by atoms with van der Waals surface area (Å²) in [6.45, 7) is 4.35. The molecule has 19 heavy (non-hydrogen) atoms. The van der Waals surface area contributed by atoms with Crippen molar-refractivity contribution in [3.8, 4) is 11.3 Å². The summed E-state index contributed by atoms with van der Waals surface area (Å²) >= 11 is 5.40. The summed E-state index contributed by atoms with van der Waals surface area (Å²) < 4.78 is 1.56. The molecule has 0 amide bonds. The van der Waals surface area contributed by atoms with Crippen LogP contribution in [0.4, 0.5) is 0 Å². The van der Waals surface area contributed by atoms with Crippen LogP contribution in [0, 0.1) is 6.92 Å². The molecule has 1 heterocycles. The molecule has 2 rings (SSSR count). The summed E-state index contributed by atoms with van der Waals surface area (Å²) in [5, 5.41) is -0.720. The second-order valence-corrected chi connectivity index (χ2v) is 4.66. The van der Waals surface area contributed by atoms with E-state index in [4.69, 9.17) is 11.6 Å². The fraction of sp³-hybridized carbons (Fsp3) is 0.200. The Morgan fingerprint density at radius 3 is 2.32 bits per heavy atom. The van der Waals surface area contributed by atoms with Crippen LogP contribution in [-0.4, -0.2) is 9.81 Å². The second kappa shape index (κ2) is 5.41. The van der Waals surface area contributed by atoms with Crippen LogP contribution in [0.1, 0.15) is 22.8 Å². The third-order valence-electron chi connectivity index (χ3n) is 3.05. The lowest BCUT2D eigenvalue weighted by Gasteiger charge is -2.12. The average molecular weight is 276 g/mol. The Hall–Kier alpha value is -1.87. The summed E-state index contributed by atoms with van der Waals surface area (Å²) in [6, 6.07) is 11.1. The van der Waals surface area contributed by atoms with E-state index in [9.17, 15) is 9.59 Å². The van der Waals surface area contributed by atoms with E-state index < -0.39 is 5.24 Å². The Bertz CT molecular complexity index is 672. The molecule has 0 unspecified atom stereocenters. The molecule has 0 bridgehead atoms. The number of benzene rings is 1. The highest BCUT2D eigenvalue weighted by Gasteiger charge is 2.13. The highest BCUT2D eigenvalue weighted by atomic mass is 35.5. The van der Waals surface area contributed by atoms with Crippen LogP contribution in [0.25, 0.3) is 11.3 Å². The maximum Gasteiger partial charge on any atom is 0.263 e. The van der Waals surface area contributed by atoms with Crippen molar-refractivity contribution >= 4 is 16.8 Å². The number of nitrogens with zero attached hydrogens (tertiary/aromatic N) is 1. The monoisotopic (exact) mass is 275 g/mol. The van der Waals surface area contributed by atoms with Crippen LogP contribution >= 0.6 is 11.6 Å². The highest BCUT2D eigenvalue weighted by Crippen LogP contribution is 2.19. The molecule has 0 aliphatic heterocycles. The van der Waals surface area contributed by atoms with Crippen molar-refractivity contribution in [2.24, 2.45) is 0 Å². The Balaban J connectivity index is 2.65. The third kappa shape index (κ3) is 2.61. The number of hydrogen-bond acceptors (Lipinski definition) is 2. The van der Waals surface area contributed by atoms with Crippen molar-refractivity contribution < 1.29 is 4.79 Å². The van der Waals surface area contributed by atoms with E-state index in [2.05, 4.69) is 0 Å². The van der Waals surface area contributed by atoms with Gasteiger partial charge in [-0.2, -0.15) is 0 Å². The van der Waals surface area contributed by atoms with Crippen molar-refractivity contribution in [3.05, 3.63) is 57.9 Å². The lowest BCUT2D eigenvalue weighted by Crippen LogP contribution is -2.25. The quantitative estimate of drug-likeness (QED) is 0.807. The minimum Gasteiger partial charge on any atom is -0.308 e. The molecule has 0 saturated carbocycles. The largest absolute Gasteiger partial charge is 0.308 e. The number of pyridine rings is 1. The Kier molecular flexibility index (Phi) is 3.86. The van der Waals surface area contributed by atoms with Gasteiger partial charge in [-0.15, -0.1) is 0 Å². The van der Waals surface area contributed by atoms with Crippen molar-refractivity contribution in [2.75, 3.05) is 0 Å². The molecular formula is C15H14ClNO2. The lowest BCUT2D eigenvalue weighted by molar-refractivity contribution is 0.107. The van der Waals surface area contributed by atoms with Gasteiger partial charge in [0, 0.05) is 6.54 Å². The van der Waals surface area contributed by atoms with Crippen LogP contribution in [0.2, 0.25) is 0 Å². The second-order valence-electron chi connectivity index (χ2n) is 4.32. The molecule has 0 aliphatic rings. The number of aromatic nitrogens is 1. The molecule has 0 saturated heterocycles. The molecule has 98 valence electrons. The van der Waals surface area contributed by atoms with E-state index in [1.165, 1.54) is 6.07 Å². The van der Waals surface area contributed by atoms with Crippen molar-refractivity contribution in [2.45, 2.75) is 20.4 Å². The van der Waals surface area contributed by atoms with E-state index >= 15 is 0 Å². The molecule has 2 aromatic rings. The van der Waals surface area contributed by atoms with Gasteiger partial charge in [-0.25, -0.2) is 0 Å². The number of halogens is 1. The molecule has 0 atom stereocenters. The SMILES string of the molecule is CCn1c(-c2ccc(C)cc2)ccc(C(=O)Cl)c1=O. The van der Waals surface area contributed by atoms with Crippen LogP contribution < -0.4 is 5.56 Å². The van der Waals surface area contributed by atoms with Gasteiger partial charge < -0.3 is 4.57 Å². The van der Waals surface area contributed by atoms with Gasteiger partial charge in [-0.05, 0) is 43.1 Å². The molecule has 0 fully saturated rings. The number of carbonyl (C=O) groups excluding carboxylic acids is 1. The first-order chi connectivity index (χ1) is 9.04. The summed E-state index contributed by atoms with van der Waals surface area (Å²) in [4.78, 5) is 23.3. The predicted octanol–water partition coefficient (Wildman–Crippen LogP) is 3.22. The number of aryl methyl sites for hydroxylation is 1. The van der Waals surface area contributed by atoms with Gasteiger partial charge in [0.15, 0.2) is 0 Å². The predicted molar refractivity (Wildman–Crippen MR) is 76.7 cm³/mol. The first-order valence-electron chi connectivity index (χ1n) is 6.05. The summed E-state index contributed by atoms with van der Waals surface area (Å²) in [7, 11) is 0. The van der Waals surface area contributed by atoms with Crippen LogP contribution in [0.15, 0.2) is 41.2 Å². The maximum atomic E-state index is 12.2.